The molecule has 0 bridgehead atoms. The number of nitrogens with zero attached hydrogens (tertiary/aromatic N) is 1. The molecule has 1 fully saturated rings. The van der Waals surface area contributed by atoms with Gasteiger partial charge in [-0.25, -0.2) is 4.79 Å². The number of aromatic nitrogens is 2. The number of aromatic amines is 1. The Hall–Kier alpha value is -1.44. The fourth-order valence-electron chi connectivity index (χ4n) is 2.21. The summed E-state index contributed by atoms with van der Waals surface area (Å²) in [6.07, 6.45) is 0.751. The number of rotatable bonds is 3. The monoisotopic (exact) mass is 256 g/mol. The Bertz CT molecular complexity index is 531. The average molecular weight is 256 g/mol. The molecular formula is C11H16N2O5. The number of H-pyrrole nitrogens is 1. The largest absolute Gasteiger partial charge is 0.396 e. The molecule has 1 aliphatic heterocycles. The van der Waals surface area contributed by atoms with Gasteiger partial charge in [-0.2, -0.15) is 0 Å². The summed E-state index contributed by atoms with van der Waals surface area (Å²) in [7, 11) is 0. The molecule has 3 N–H and O–H groups in total. The van der Waals surface area contributed by atoms with Crippen LogP contribution in [0.2, 0.25) is 0 Å². The van der Waals surface area contributed by atoms with Crippen LogP contribution in [0, 0.1) is 11.3 Å². The maximum atomic E-state index is 11.7. The second kappa shape index (κ2) is 4.68. The van der Waals surface area contributed by atoms with Crippen molar-refractivity contribution in [1.82, 2.24) is 9.55 Å². The summed E-state index contributed by atoms with van der Waals surface area (Å²) in [6, 6.07) is 1.23. The van der Waals surface area contributed by atoms with Crippen molar-refractivity contribution in [3.05, 3.63) is 33.1 Å². The van der Waals surface area contributed by atoms with E-state index < -0.39 is 22.9 Å². The normalized spacial score (nSPS) is 26.4. The SMILES string of the molecule is C[C@@H]1[C@@H](n2ccc(=O)[nH]c2=O)OCC1(CO)CO. The molecule has 0 unspecified atom stereocenters. The van der Waals surface area contributed by atoms with Gasteiger partial charge in [0.25, 0.3) is 5.56 Å². The highest BCUT2D eigenvalue weighted by Crippen LogP contribution is 2.42. The van der Waals surface area contributed by atoms with Gasteiger partial charge in [0.1, 0.15) is 6.23 Å². The van der Waals surface area contributed by atoms with Crippen molar-refractivity contribution >= 4 is 0 Å². The molecule has 0 aliphatic carbocycles. The highest BCUT2D eigenvalue weighted by Gasteiger charge is 2.47. The Labute approximate surface area is 103 Å². The van der Waals surface area contributed by atoms with Crippen molar-refractivity contribution in [3.8, 4) is 0 Å². The Kier molecular flexibility index (Phi) is 3.38. The van der Waals surface area contributed by atoms with Crippen molar-refractivity contribution in [2.24, 2.45) is 11.3 Å². The molecule has 0 amide bonds. The van der Waals surface area contributed by atoms with Crippen LogP contribution in [0.5, 0.6) is 0 Å². The number of hydrogen-bond acceptors (Lipinski definition) is 5. The molecular weight excluding hydrogens is 240 g/mol. The van der Waals surface area contributed by atoms with E-state index >= 15 is 0 Å². The Morgan fingerprint density at radius 2 is 2.17 bits per heavy atom. The minimum absolute atomic E-state index is 0.164. The quantitative estimate of drug-likeness (QED) is 0.621. The van der Waals surface area contributed by atoms with Gasteiger partial charge in [-0.15, -0.1) is 0 Å². The zero-order valence-corrected chi connectivity index (χ0v) is 10.00. The Morgan fingerprint density at radius 1 is 1.50 bits per heavy atom. The number of nitrogens with one attached hydrogen (secondary N) is 1. The molecule has 2 atom stereocenters. The molecule has 1 aliphatic rings. The van der Waals surface area contributed by atoms with E-state index in [9.17, 15) is 19.8 Å². The van der Waals surface area contributed by atoms with Gasteiger partial charge < -0.3 is 14.9 Å². The maximum Gasteiger partial charge on any atom is 0.330 e. The third-order valence-electron chi connectivity index (χ3n) is 3.69. The molecule has 2 rings (SSSR count). The minimum Gasteiger partial charge on any atom is -0.396 e. The predicted octanol–water partition coefficient (Wildman–Crippen LogP) is -1.33. The highest BCUT2D eigenvalue weighted by atomic mass is 16.5. The van der Waals surface area contributed by atoms with Crippen LogP contribution in [0.25, 0.3) is 0 Å². The fourth-order valence-corrected chi connectivity index (χ4v) is 2.21. The predicted molar refractivity (Wildman–Crippen MR) is 62.1 cm³/mol. The van der Waals surface area contributed by atoms with Gasteiger partial charge in [0.2, 0.25) is 0 Å². The van der Waals surface area contributed by atoms with Crippen LogP contribution in [-0.4, -0.2) is 39.6 Å². The number of ether oxygens (including phenoxy) is 1. The number of aliphatic hydroxyl groups excluding tert-OH is 2. The first kappa shape index (κ1) is 13.0. The summed E-state index contributed by atoms with van der Waals surface area (Å²) in [5, 5.41) is 18.8. The standard InChI is InChI=1S/C11H16N2O5/c1-7-9(18-6-11(7,4-14)5-15)13-3-2-8(16)12-10(13)17/h2-3,7,9,14-15H,4-6H2,1H3,(H,12,16,17)/t7-,9+/m1/s1. The third-order valence-corrected chi connectivity index (χ3v) is 3.69. The van der Waals surface area contributed by atoms with Crippen LogP contribution >= 0.6 is 0 Å². The molecule has 100 valence electrons. The van der Waals surface area contributed by atoms with Gasteiger partial charge in [-0.1, -0.05) is 6.92 Å². The lowest BCUT2D eigenvalue weighted by Gasteiger charge is -2.29. The lowest BCUT2D eigenvalue weighted by atomic mass is 9.79. The molecule has 7 nitrogen and oxygen atoms in total. The summed E-state index contributed by atoms with van der Waals surface area (Å²) < 4.78 is 6.75. The first-order chi connectivity index (χ1) is 8.54. The molecule has 0 radical (unpaired) electrons. The maximum absolute atomic E-state index is 11.7. The van der Waals surface area contributed by atoms with Crippen molar-refractivity contribution in [1.29, 1.82) is 0 Å². The van der Waals surface area contributed by atoms with Crippen LogP contribution in [0.4, 0.5) is 0 Å². The van der Waals surface area contributed by atoms with Gasteiger partial charge in [0, 0.05) is 23.6 Å². The first-order valence-electron chi connectivity index (χ1n) is 5.69. The van der Waals surface area contributed by atoms with E-state index in [1.807, 2.05) is 0 Å². The summed E-state index contributed by atoms with van der Waals surface area (Å²) in [6.45, 7) is 1.51. The fraction of sp³-hybridized carbons (Fsp3) is 0.636. The number of hydrogen-bond donors (Lipinski definition) is 3. The first-order valence-corrected chi connectivity index (χ1v) is 5.69. The van der Waals surface area contributed by atoms with E-state index in [0.29, 0.717) is 0 Å². The molecule has 1 saturated heterocycles. The van der Waals surface area contributed by atoms with Gasteiger partial charge >= 0.3 is 5.69 Å². The van der Waals surface area contributed by atoms with Gasteiger partial charge in [0.05, 0.1) is 19.8 Å². The topological polar surface area (TPSA) is 105 Å². The van der Waals surface area contributed by atoms with Crippen molar-refractivity contribution in [2.75, 3.05) is 19.8 Å². The minimum atomic E-state index is -0.764. The third kappa shape index (κ3) is 1.90. The average Bonchev–Trinajstić information content (AvgIpc) is 2.68. The second-order valence-corrected chi connectivity index (χ2v) is 4.69. The van der Waals surface area contributed by atoms with Gasteiger partial charge in [0.15, 0.2) is 0 Å². The molecule has 0 aromatic carbocycles. The van der Waals surface area contributed by atoms with Crippen LogP contribution in [0.1, 0.15) is 13.2 Å². The number of aliphatic hydroxyl groups is 2. The van der Waals surface area contributed by atoms with Crippen LogP contribution < -0.4 is 11.2 Å². The highest BCUT2D eigenvalue weighted by molar-refractivity contribution is 4.94. The summed E-state index contributed by atoms with van der Waals surface area (Å²) >= 11 is 0. The van der Waals surface area contributed by atoms with Crippen molar-refractivity contribution in [2.45, 2.75) is 13.2 Å². The Balaban J connectivity index is 2.37. The molecule has 1 aromatic heterocycles. The molecule has 2 heterocycles. The van der Waals surface area contributed by atoms with E-state index in [0.717, 1.165) is 0 Å². The van der Waals surface area contributed by atoms with Crippen LogP contribution in [0.15, 0.2) is 21.9 Å². The lowest BCUT2D eigenvalue weighted by molar-refractivity contribution is 0.0212. The van der Waals surface area contributed by atoms with E-state index in [4.69, 9.17) is 4.74 Å². The molecule has 1 aromatic rings. The summed E-state index contributed by atoms with van der Waals surface area (Å²) in [4.78, 5) is 24.8. The zero-order chi connectivity index (χ0) is 13.3. The molecule has 0 saturated carbocycles. The molecule has 7 heteroatoms. The molecule has 18 heavy (non-hydrogen) atoms. The van der Waals surface area contributed by atoms with Crippen LogP contribution in [0.3, 0.4) is 0 Å². The van der Waals surface area contributed by atoms with Gasteiger partial charge in [-0.3, -0.25) is 14.3 Å². The smallest absolute Gasteiger partial charge is 0.330 e. The zero-order valence-electron chi connectivity index (χ0n) is 10.00. The lowest BCUT2D eigenvalue weighted by Crippen LogP contribution is -2.39. The van der Waals surface area contributed by atoms with Crippen molar-refractivity contribution in [3.63, 3.8) is 0 Å². The summed E-state index contributed by atoms with van der Waals surface area (Å²) in [5.41, 5.74) is -1.80. The van der Waals surface area contributed by atoms with Crippen molar-refractivity contribution < 1.29 is 14.9 Å². The summed E-state index contributed by atoms with van der Waals surface area (Å²) in [5.74, 6) is -0.254. The second-order valence-electron chi connectivity index (χ2n) is 4.69. The van der Waals surface area contributed by atoms with E-state index in [2.05, 4.69) is 4.98 Å². The van der Waals surface area contributed by atoms with E-state index in [-0.39, 0.29) is 25.7 Å². The Morgan fingerprint density at radius 3 is 2.67 bits per heavy atom. The molecule has 0 spiro atoms. The van der Waals surface area contributed by atoms with E-state index in [1.54, 1.807) is 6.92 Å². The van der Waals surface area contributed by atoms with E-state index in [1.165, 1.54) is 16.8 Å². The van der Waals surface area contributed by atoms with Gasteiger partial charge in [-0.05, 0) is 0 Å². The van der Waals surface area contributed by atoms with Crippen LogP contribution in [-0.2, 0) is 4.74 Å².